The van der Waals surface area contributed by atoms with Crippen molar-refractivity contribution in [3.8, 4) is 5.88 Å². The normalized spacial score (nSPS) is 11.1. The summed E-state index contributed by atoms with van der Waals surface area (Å²) >= 11 is 0. The molecule has 5 heteroatoms. The topological polar surface area (TPSA) is 56.3 Å². The van der Waals surface area contributed by atoms with Crippen LogP contribution in [0.3, 0.4) is 0 Å². The van der Waals surface area contributed by atoms with Gasteiger partial charge in [-0.15, -0.1) is 0 Å². The second-order valence-corrected chi connectivity index (χ2v) is 6.79. The number of aryl methyl sites for hydroxylation is 4. The monoisotopic (exact) mass is 357 g/mol. The number of methoxy groups -OCH3 is 1. The van der Waals surface area contributed by atoms with Gasteiger partial charge in [-0.3, -0.25) is 0 Å². The Labute approximate surface area is 157 Å². The van der Waals surface area contributed by atoms with Gasteiger partial charge < -0.3 is 14.8 Å². The third kappa shape index (κ3) is 4.73. The number of nitrogens with one attached hydrogen (secondary N) is 1. The molecule has 0 amide bonds. The molecule has 0 aliphatic heterocycles. The maximum atomic E-state index is 6.16. The molecule has 0 unspecified atom stereocenters. The maximum Gasteiger partial charge on any atom is 0.224 e. The first-order valence-corrected chi connectivity index (χ1v) is 9.27. The van der Waals surface area contributed by atoms with Crippen molar-refractivity contribution in [3.63, 3.8) is 0 Å². The van der Waals surface area contributed by atoms with E-state index in [1.165, 1.54) is 16.7 Å². The van der Waals surface area contributed by atoms with E-state index in [4.69, 9.17) is 9.47 Å². The fraction of sp³-hybridized carbons (Fsp3) is 0.524. The molecule has 0 saturated carbocycles. The van der Waals surface area contributed by atoms with Crippen molar-refractivity contribution >= 4 is 11.5 Å². The molecule has 1 heterocycles. The number of rotatable bonds is 8. The Morgan fingerprint density at radius 3 is 2.15 bits per heavy atom. The quantitative estimate of drug-likeness (QED) is 0.706. The molecule has 1 N–H and O–H groups in total. The van der Waals surface area contributed by atoms with Crippen molar-refractivity contribution in [1.82, 2.24) is 9.97 Å². The van der Waals surface area contributed by atoms with Crippen molar-refractivity contribution in [1.29, 1.82) is 0 Å². The molecule has 0 aliphatic carbocycles. The molecule has 5 nitrogen and oxygen atoms in total. The zero-order valence-corrected chi connectivity index (χ0v) is 17.1. The lowest BCUT2D eigenvalue weighted by Crippen LogP contribution is -2.17. The highest BCUT2D eigenvalue weighted by Crippen LogP contribution is 2.31. The van der Waals surface area contributed by atoms with Gasteiger partial charge >= 0.3 is 0 Å². The molecule has 2 aromatic rings. The van der Waals surface area contributed by atoms with Crippen LogP contribution in [0.2, 0.25) is 0 Å². The number of ether oxygens (including phenoxy) is 2. The molecule has 0 aliphatic rings. The Morgan fingerprint density at radius 1 is 1.00 bits per heavy atom. The van der Waals surface area contributed by atoms with Crippen molar-refractivity contribution in [2.45, 2.75) is 67.1 Å². The van der Waals surface area contributed by atoms with Crippen molar-refractivity contribution in [2.75, 3.05) is 12.4 Å². The lowest BCUT2D eigenvalue weighted by molar-refractivity contribution is 0.158. The zero-order valence-electron chi connectivity index (χ0n) is 17.1. The minimum absolute atomic E-state index is 0.135. The van der Waals surface area contributed by atoms with Crippen LogP contribution in [0.5, 0.6) is 5.88 Å². The standard InChI is InChI=1S/C21H31N3O2/c1-8-17(9-2)26-21-18(12-25-7)20(22-16(6)23-21)24-19-14(4)10-13(3)11-15(19)5/h10-11,17H,8-9,12H2,1-7H3,(H,22,23,24). The predicted molar refractivity (Wildman–Crippen MR) is 106 cm³/mol. The maximum absolute atomic E-state index is 6.16. The highest BCUT2D eigenvalue weighted by Gasteiger charge is 2.18. The van der Waals surface area contributed by atoms with Crippen LogP contribution in [0.15, 0.2) is 12.1 Å². The van der Waals surface area contributed by atoms with E-state index >= 15 is 0 Å². The molecule has 142 valence electrons. The van der Waals surface area contributed by atoms with Gasteiger partial charge in [0, 0.05) is 12.8 Å². The summed E-state index contributed by atoms with van der Waals surface area (Å²) in [6, 6.07) is 4.34. The Bertz CT molecular complexity index is 732. The Hall–Kier alpha value is -2.14. The van der Waals surface area contributed by atoms with Gasteiger partial charge in [0.1, 0.15) is 11.6 Å². The second-order valence-electron chi connectivity index (χ2n) is 6.79. The van der Waals surface area contributed by atoms with Gasteiger partial charge in [0.05, 0.1) is 18.3 Å². The lowest BCUT2D eigenvalue weighted by Gasteiger charge is -2.21. The average Bonchev–Trinajstić information content (AvgIpc) is 2.58. The number of hydrogen-bond acceptors (Lipinski definition) is 5. The number of nitrogens with zero attached hydrogens (tertiary/aromatic N) is 2. The largest absolute Gasteiger partial charge is 0.474 e. The minimum Gasteiger partial charge on any atom is -0.474 e. The molecule has 1 aromatic heterocycles. The molecule has 26 heavy (non-hydrogen) atoms. The molecule has 0 atom stereocenters. The van der Waals surface area contributed by atoms with Gasteiger partial charge in [-0.2, -0.15) is 4.98 Å². The smallest absolute Gasteiger partial charge is 0.224 e. The molecule has 0 radical (unpaired) electrons. The first-order chi connectivity index (χ1) is 12.4. The zero-order chi connectivity index (χ0) is 19.3. The van der Waals surface area contributed by atoms with Gasteiger partial charge in [-0.05, 0) is 51.7 Å². The van der Waals surface area contributed by atoms with Gasteiger partial charge in [0.15, 0.2) is 0 Å². The molecule has 0 bridgehead atoms. The van der Waals surface area contributed by atoms with Gasteiger partial charge in [0.25, 0.3) is 0 Å². The van der Waals surface area contributed by atoms with E-state index < -0.39 is 0 Å². The molecule has 0 saturated heterocycles. The summed E-state index contributed by atoms with van der Waals surface area (Å²) in [4.78, 5) is 9.16. The molecular weight excluding hydrogens is 326 g/mol. The van der Waals surface area contributed by atoms with Crippen LogP contribution in [-0.4, -0.2) is 23.2 Å². The SMILES string of the molecule is CCC(CC)Oc1nc(C)nc(Nc2c(C)cc(C)cc2C)c1COC. The van der Waals surface area contributed by atoms with E-state index in [1.807, 2.05) is 6.92 Å². The molecule has 1 aromatic carbocycles. The number of hydrogen-bond donors (Lipinski definition) is 1. The third-order valence-electron chi connectivity index (χ3n) is 4.48. The van der Waals surface area contributed by atoms with E-state index in [2.05, 4.69) is 62.0 Å². The summed E-state index contributed by atoms with van der Waals surface area (Å²) in [5, 5.41) is 3.50. The first kappa shape index (κ1) is 20.2. The fourth-order valence-corrected chi connectivity index (χ4v) is 3.15. The second kappa shape index (κ2) is 8.99. The minimum atomic E-state index is 0.135. The van der Waals surface area contributed by atoms with Crippen molar-refractivity contribution in [2.24, 2.45) is 0 Å². The van der Waals surface area contributed by atoms with E-state index in [9.17, 15) is 0 Å². The van der Waals surface area contributed by atoms with Crippen LogP contribution in [0.25, 0.3) is 0 Å². The molecular formula is C21H31N3O2. The molecule has 0 fully saturated rings. The fourth-order valence-electron chi connectivity index (χ4n) is 3.15. The van der Waals surface area contributed by atoms with Crippen LogP contribution >= 0.6 is 0 Å². The molecule has 0 spiro atoms. The van der Waals surface area contributed by atoms with Crippen LogP contribution in [-0.2, 0) is 11.3 Å². The van der Waals surface area contributed by atoms with E-state index in [1.54, 1.807) is 7.11 Å². The summed E-state index contributed by atoms with van der Waals surface area (Å²) in [5.74, 6) is 2.03. The summed E-state index contributed by atoms with van der Waals surface area (Å²) < 4.78 is 11.6. The number of aromatic nitrogens is 2. The summed E-state index contributed by atoms with van der Waals surface area (Å²) in [7, 11) is 1.67. The van der Waals surface area contributed by atoms with Crippen molar-refractivity contribution < 1.29 is 9.47 Å². The summed E-state index contributed by atoms with van der Waals surface area (Å²) in [6.07, 6.45) is 2.01. The molecule has 2 rings (SSSR count). The highest BCUT2D eigenvalue weighted by atomic mass is 16.5. The third-order valence-corrected chi connectivity index (χ3v) is 4.48. The van der Waals surface area contributed by atoms with Gasteiger partial charge in [-0.25, -0.2) is 4.98 Å². The van der Waals surface area contributed by atoms with Crippen LogP contribution < -0.4 is 10.1 Å². The first-order valence-electron chi connectivity index (χ1n) is 9.27. The van der Waals surface area contributed by atoms with Crippen LogP contribution in [0.4, 0.5) is 11.5 Å². The Balaban J connectivity index is 2.49. The van der Waals surface area contributed by atoms with Crippen LogP contribution in [0.1, 0.15) is 54.8 Å². The predicted octanol–water partition coefficient (Wildman–Crippen LogP) is 5.17. The Kier molecular flexibility index (Phi) is 6.98. The van der Waals surface area contributed by atoms with Crippen LogP contribution in [0, 0.1) is 27.7 Å². The summed E-state index contributed by atoms with van der Waals surface area (Å²) in [6.45, 7) is 12.8. The average molecular weight is 357 g/mol. The van der Waals surface area contributed by atoms with E-state index in [0.717, 1.165) is 29.9 Å². The van der Waals surface area contributed by atoms with E-state index in [-0.39, 0.29) is 6.10 Å². The number of anilines is 2. The summed E-state index contributed by atoms with van der Waals surface area (Å²) in [5.41, 5.74) is 5.54. The van der Waals surface area contributed by atoms with Crippen molar-refractivity contribution in [3.05, 3.63) is 40.2 Å². The van der Waals surface area contributed by atoms with Gasteiger partial charge in [-0.1, -0.05) is 31.5 Å². The Morgan fingerprint density at radius 2 is 1.62 bits per heavy atom. The van der Waals surface area contributed by atoms with Gasteiger partial charge in [0.2, 0.25) is 5.88 Å². The lowest BCUT2D eigenvalue weighted by atomic mass is 10.0. The number of benzene rings is 1. The van der Waals surface area contributed by atoms with E-state index in [0.29, 0.717) is 18.3 Å². The highest BCUT2D eigenvalue weighted by molar-refractivity contribution is 5.68.